The molecule has 1 fully saturated rings. The number of aliphatic hydroxyl groups is 1. The van der Waals surface area contributed by atoms with Gasteiger partial charge in [-0.05, 0) is 24.5 Å². The molecule has 0 saturated carbocycles. The summed E-state index contributed by atoms with van der Waals surface area (Å²) >= 11 is 1.48. The number of rotatable bonds is 20. The Morgan fingerprint density at radius 1 is 0.922 bits per heavy atom. The van der Waals surface area contributed by atoms with Crippen molar-refractivity contribution in [2.75, 3.05) is 31.3 Å². The van der Waals surface area contributed by atoms with Crippen LogP contribution in [0.4, 0.5) is 0 Å². The van der Waals surface area contributed by atoms with Crippen molar-refractivity contribution in [2.24, 2.45) is 16.5 Å². The van der Waals surface area contributed by atoms with Gasteiger partial charge in [-0.1, -0.05) is 18.2 Å². The van der Waals surface area contributed by atoms with Crippen LogP contribution in [0.25, 0.3) is 10.9 Å². The topological polar surface area (TPSA) is 333 Å². The summed E-state index contributed by atoms with van der Waals surface area (Å²) in [5.74, 6) is -6.44. The molecule has 51 heavy (non-hydrogen) atoms. The number of aromatic nitrogens is 1. The summed E-state index contributed by atoms with van der Waals surface area (Å²) in [6, 6.07) is 0.627. The van der Waals surface area contributed by atoms with Crippen molar-refractivity contribution in [3.8, 4) is 0 Å². The highest BCUT2D eigenvalue weighted by molar-refractivity contribution is 7.99. The smallest absolute Gasteiger partial charge is 0.326 e. The fourth-order valence-corrected chi connectivity index (χ4v) is 5.93. The Labute approximate surface area is 295 Å². The molecule has 5 amide bonds. The molecule has 0 unspecified atom stereocenters. The van der Waals surface area contributed by atoms with Gasteiger partial charge in [0.05, 0.1) is 25.6 Å². The number of carbonyl (C=O) groups excluding carboxylic acids is 5. The Balaban J connectivity index is 1.63. The molecule has 3 rings (SSSR count). The summed E-state index contributed by atoms with van der Waals surface area (Å²) in [6.45, 7) is -1.47. The second-order valence-corrected chi connectivity index (χ2v) is 12.5. The normalized spacial score (nSPS) is 16.1. The Morgan fingerprint density at radius 3 is 2.27 bits per heavy atom. The summed E-state index contributed by atoms with van der Waals surface area (Å²) in [5, 5.41) is 44.2. The molecule has 0 aliphatic carbocycles. The minimum Gasteiger partial charge on any atom is -0.481 e. The van der Waals surface area contributed by atoms with Gasteiger partial charge in [-0.25, -0.2) is 4.79 Å². The van der Waals surface area contributed by atoms with Crippen LogP contribution in [0.2, 0.25) is 0 Å². The second kappa shape index (κ2) is 19.7. The zero-order valence-corrected chi connectivity index (χ0v) is 28.2. The molecule has 0 bridgehead atoms. The summed E-state index contributed by atoms with van der Waals surface area (Å²) in [7, 11) is 0. The van der Waals surface area contributed by atoms with Crippen molar-refractivity contribution in [1.82, 2.24) is 36.9 Å². The fourth-order valence-electron chi connectivity index (χ4n) is 4.99. The van der Waals surface area contributed by atoms with Crippen molar-refractivity contribution in [3.63, 3.8) is 0 Å². The monoisotopic (exact) mass is 734 g/mol. The van der Waals surface area contributed by atoms with Crippen molar-refractivity contribution in [3.05, 3.63) is 36.0 Å². The van der Waals surface area contributed by atoms with Crippen molar-refractivity contribution >= 4 is 70.1 Å². The highest BCUT2D eigenvalue weighted by Crippen LogP contribution is 2.19. The van der Waals surface area contributed by atoms with Crippen LogP contribution in [-0.4, -0.2) is 129 Å². The molecule has 2 aromatic rings. The van der Waals surface area contributed by atoms with E-state index in [9.17, 15) is 48.9 Å². The van der Waals surface area contributed by atoms with Crippen LogP contribution in [0.5, 0.6) is 0 Å². The van der Waals surface area contributed by atoms with E-state index in [1.807, 2.05) is 0 Å². The van der Waals surface area contributed by atoms with Crippen molar-refractivity contribution in [1.29, 1.82) is 0 Å². The number of carboxylic acids is 2. The van der Waals surface area contributed by atoms with Gasteiger partial charge in [0.1, 0.15) is 24.2 Å². The number of guanidine groups is 1. The number of nitrogens with zero attached hydrogens (tertiary/aromatic N) is 1. The first-order valence-electron chi connectivity index (χ1n) is 15.7. The molecular formula is C30H42N10O10S. The predicted octanol–water partition coefficient (Wildman–Crippen LogP) is -3.97. The van der Waals surface area contributed by atoms with E-state index in [0.29, 0.717) is 17.2 Å². The Hall–Kier alpha value is -5.41. The third kappa shape index (κ3) is 12.8. The molecule has 0 spiro atoms. The van der Waals surface area contributed by atoms with Gasteiger partial charge in [-0.15, -0.1) is 11.8 Å². The van der Waals surface area contributed by atoms with E-state index < -0.39 is 91.3 Å². The number of para-hydroxylation sites is 1. The number of nitrogens with one attached hydrogen (secondary N) is 7. The van der Waals surface area contributed by atoms with Crippen LogP contribution in [-0.2, 0) is 40.0 Å². The molecule has 1 aliphatic heterocycles. The standard InChI is InChI=1S/C30H42N10O10S/c31-30(32)33-7-3-6-18(38-27(47)21(12-41)40-28(48)22-13-51-14-36-22)25(45)35-11-23(42)37-19(9-24(43)44)26(46)39-20(29(49)50)8-15-10-34-17-5-2-1-4-16(15)17/h1-2,4-5,10,18-22,34,36,41H,3,6-9,11-14H2,(H,35,45)(H,37,42)(H,38,47)(H,39,46)(H,40,48)(H,43,44)(H,49,50)(H4,31,32,33)/t18-,19-,20-,21-,22-/m0/s1. The highest BCUT2D eigenvalue weighted by Gasteiger charge is 2.31. The third-order valence-electron chi connectivity index (χ3n) is 7.59. The first-order valence-corrected chi connectivity index (χ1v) is 16.9. The van der Waals surface area contributed by atoms with Gasteiger partial charge in [-0.2, -0.15) is 0 Å². The lowest BCUT2D eigenvalue weighted by Crippen LogP contribution is -2.58. The van der Waals surface area contributed by atoms with Gasteiger partial charge in [0.25, 0.3) is 0 Å². The number of aliphatic imine (C=N–C) groups is 1. The lowest BCUT2D eigenvalue weighted by atomic mass is 10.0. The van der Waals surface area contributed by atoms with Crippen LogP contribution in [0.15, 0.2) is 35.5 Å². The minimum atomic E-state index is -1.71. The summed E-state index contributed by atoms with van der Waals surface area (Å²) < 4.78 is 0. The maximum absolute atomic E-state index is 13.1. The lowest BCUT2D eigenvalue weighted by molar-refractivity contribution is -0.143. The average Bonchev–Trinajstić information content (AvgIpc) is 3.77. The number of carboxylic acid groups (broad SMARTS) is 2. The maximum Gasteiger partial charge on any atom is 0.326 e. The summed E-state index contributed by atoms with van der Waals surface area (Å²) in [5.41, 5.74) is 12.0. The lowest BCUT2D eigenvalue weighted by Gasteiger charge is -2.23. The molecule has 5 atom stereocenters. The summed E-state index contributed by atoms with van der Waals surface area (Å²) in [6.07, 6.45) is 0.682. The number of hydrogen-bond donors (Lipinski definition) is 12. The molecule has 1 aliphatic rings. The van der Waals surface area contributed by atoms with E-state index in [1.165, 1.54) is 11.8 Å². The molecule has 1 aromatic carbocycles. The Kier molecular flexibility index (Phi) is 15.5. The second-order valence-electron chi connectivity index (χ2n) is 11.4. The van der Waals surface area contributed by atoms with Crippen LogP contribution in [0, 0.1) is 0 Å². The number of hydrogen-bond acceptors (Lipinski definition) is 11. The largest absolute Gasteiger partial charge is 0.481 e. The van der Waals surface area contributed by atoms with Crippen molar-refractivity contribution in [2.45, 2.75) is 55.9 Å². The van der Waals surface area contributed by atoms with E-state index >= 15 is 0 Å². The number of aliphatic hydroxyl groups excluding tert-OH is 1. The van der Waals surface area contributed by atoms with E-state index in [4.69, 9.17) is 11.5 Å². The van der Waals surface area contributed by atoms with Gasteiger partial charge in [-0.3, -0.25) is 39.1 Å². The van der Waals surface area contributed by atoms with Crippen LogP contribution >= 0.6 is 11.8 Å². The molecule has 1 saturated heterocycles. The molecule has 20 nitrogen and oxygen atoms in total. The molecule has 0 radical (unpaired) electrons. The number of thioether (sulfide) groups is 1. The van der Waals surface area contributed by atoms with Crippen LogP contribution < -0.4 is 43.4 Å². The fraction of sp³-hybridized carbons (Fsp3) is 0.467. The number of amides is 5. The summed E-state index contributed by atoms with van der Waals surface area (Å²) in [4.78, 5) is 94.8. The van der Waals surface area contributed by atoms with E-state index in [0.717, 1.165) is 10.9 Å². The number of fused-ring (bicyclic) bond motifs is 1. The Bertz CT molecular complexity index is 1610. The molecule has 278 valence electrons. The predicted molar refractivity (Wildman–Crippen MR) is 184 cm³/mol. The first-order chi connectivity index (χ1) is 24.3. The van der Waals surface area contributed by atoms with Gasteiger partial charge in [0.15, 0.2) is 5.96 Å². The number of carbonyl (C=O) groups is 7. The van der Waals surface area contributed by atoms with Gasteiger partial charge < -0.3 is 58.4 Å². The highest BCUT2D eigenvalue weighted by atomic mass is 32.2. The molecule has 21 heteroatoms. The number of benzene rings is 1. The zero-order valence-electron chi connectivity index (χ0n) is 27.3. The molecule has 14 N–H and O–H groups in total. The third-order valence-corrected chi connectivity index (χ3v) is 8.53. The van der Waals surface area contributed by atoms with Crippen molar-refractivity contribution < 1.29 is 48.9 Å². The van der Waals surface area contributed by atoms with E-state index in [2.05, 4.69) is 41.9 Å². The van der Waals surface area contributed by atoms with Gasteiger partial charge in [0.2, 0.25) is 29.5 Å². The number of nitrogens with two attached hydrogens (primary N) is 2. The number of aromatic amines is 1. The minimum absolute atomic E-state index is 0.0417. The SMILES string of the molecule is NC(N)=NCCC[C@H](NC(=O)[C@H](CO)NC(=O)[C@@H]1CSCN1)C(=O)NCC(=O)N[C@@H](CC(=O)O)C(=O)N[C@@H](Cc1c[nH]c2ccccc12)C(=O)O. The molecule has 1 aromatic heterocycles. The van der Waals surface area contributed by atoms with Crippen LogP contribution in [0.1, 0.15) is 24.8 Å². The Morgan fingerprint density at radius 2 is 1.63 bits per heavy atom. The number of H-pyrrole nitrogens is 1. The average molecular weight is 735 g/mol. The van der Waals surface area contributed by atoms with E-state index in [1.54, 1.807) is 30.5 Å². The maximum atomic E-state index is 13.1. The quantitative estimate of drug-likeness (QED) is 0.0351. The van der Waals surface area contributed by atoms with Gasteiger partial charge in [0, 0.05) is 41.7 Å². The van der Waals surface area contributed by atoms with Gasteiger partial charge >= 0.3 is 11.9 Å². The first kappa shape index (κ1) is 40.0. The van der Waals surface area contributed by atoms with Crippen LogP contribution in [0.3, 0.4) is 0 Å². The number of aliphatic carboxylic acids is 2. The zero-order chi connectivity index (χ0) is 37.5. The molecule has 2 heterocycles. The molecular weight excluding hydrogens is 692 g/mol. The van der Waals surface area contributed by atoms with E-state index in [-0.39, 0.29) is 31.8 Å².